The van der Waals surface area contributed by atoms with Crippen LogP contribution in [0.3, 0.4) is 0 Å². The molecule has 13 heteroatoms. The smallest absolute Gasteiger partial charge is 0.453 e. The molecule has 1 aromatic heterocycles. The molecule has 10 nitrogen and oxygen atoms in total. The van der Waals surface area contributed by atoms with Crippen molar-refractivity contribution in [2.75, 3.05) is 39.9 Å². The molecule has 0 radical (unpaired) electrons. The van der Waals surface area contributed by atoms with Crippen molar-refractivity contribution in [3.63, 3.8) is 0 Å². The SMILES string of the molecule is CCOC(=O)N1CCN(Cc2c(O)ccc3c(=O)c(Oc4ccc(C(=O)OC)cc4)c(C(F)(F)F)oc23)CC1. The number of benzene rings is 2. The van der Waals surface area contributed by atoms with Crippen molar-refractivity contribution in [1.82, 2.24) is 9.80 Å². The second-order valence-electron chi connectivity index (χ2n) is 8.61. The van der Waals surface area contributed by atoms with Gasteiger partial charge in [-0.3, -0.25) is 9.69 Å². The van der Waals surface area contributed by atoms with Crippen LogP contribution in [0.1, 0.15) is 28.6 Å². The van der Waals surface area contributed by atoms with Gasteiger partial charge in [-0.25, -0.2) is 9.59 Å². The number of rotatable bonds is 6. The number of hydrogen-bond donors (Lipinski definition) is 1. The van der Waals surface area contributed by atoms with Crippen LogP contribution < -0.4 is 10.2 Å². The number of aromatic hydroxyl groups is 1. The maximum atomic E-state index is 14.1. The van der Waals surface area contributed by atoms with Crippen LogP contribution in [0.15, 0.2) is 45.6 Å². The lowest BCUT2D eigenvalue weighted by Crippen LogP contribution is -2.48. The number of alkyl halides is 3. The van der Waals surface area contributed by atoms with E-state index in [1.807, 2.05) is 4.90 Å². The molecular formula is C26H25F3N2O8. The van der Waals surface area contributed by atoms with Gasteiger partial charge in [-0.15, -0.1) is 0 Å². The summed E-state index contributed by atoms with van der Waals surface area (Å²) in [5.41, 5.74) is -1.38. The minimum absolute atomic E-state index is 0.00587. The number of phenolic OH excluding ortho intramolecular Hbond substituents is 1. The highest BCUT2D eigenvalue weighted by Gasteiger charge is 2.41. The van der Waals surface area contributed by atoms with E-state index in [0.29, 0.717) is 26.2 Å². The molecular weight excluding hydrogens is 525 g/mol. The third-order valence-corrected chi connectivity index (χ3v) is 6.13. The summed E-state index contributed by atoms with van der Waals surface area (Å²) in [6.45, 7) is 3.23. The number of nitrogens with zero attached hydrogens (tertiary/aromatic N) is 2. The van der Waals surface area contributed by atoms with E-state index in [1.165, 1.54) is 42.3 Å². The maximum Gasteiger partial charge on any atom is 0.453 e. The minimum Gasteiger partial charge on any atom is -0.507 e. The third kappa shape index (κ3) is 5.93. The predicted octanol–water partition coefficient (Wildman–Crippen LogP) is 4.37. The number of carbonyl (C=O) groups is 2. The van der Waals surface area contributed by atoms with Crippen LogP contribution in [0, 0.1) is 0 Å². The Bertz CT molecular complexity index is 1430. The standard InChI is InChI=1S/C26H25F3N2O8/c1-3-37-25(35)31-12-10-30(11-13-31)14-18-19(32)9-8-17-20(33)22(23(26(27,28)29)39-21(17)18)38-16-6-4-15(5-7-16)24(34)36-2/h4-9,32H,3,10-14H2,1-2H3. The van der Waals surface area contributed by atoms with Crippen molar-refractivity contribution in [3.8, 4) is 17.2 Å². The van der Waals surface area contributed by atoms with Crippen LogP contribution in [0.2, 0.25) is 0 Å². The Morgan fingerprint density at radius 1 is 1.05 bits per heavy atom. The number of fused-ring (bicyclic) bond motifs is 1. The lowest BCUT2D eigenvalue weighted by atomic mass is 10.1. The minimum atomic E-state index is -5.11. The number of piperazine rings is 1. The van der Waals surface area contributed by atoms with Gasteiger partial charge in [0, 0.05) is 32.7 Å². The summed E-state index contributed by atoms with van der Waals surface area (Å²) >= 11 is 0. The largest absolute Gasteiger partial charge is 0.507 e. The van der Waals surface area contributed by atoms with Gasteiger partial charge in [-0.2, -0.15) is 13.2 Å². The molecule has 3 aromatic rings. The van der Waals surface area contributed by atoms with Gasteiger partial charge >= 0.3 is 18.2 Å². The quantitative estimate of drug-likeness (QED) is 0.446. The monoisotopic (exact) mass is 550 g/mol. The fourth-order valence-electron chi connectivity index (χ4n) is 4.14. The van der Waals surface area contributed by atoms with Gasteiger partial charge in [0.2, 0.25) is 11.2 Å². The molecule has 0 atom stereocenters. The Hall–Kier alpha value is -4.26. The summed E-state index contributed by atoms with van der Waals surface area (Å²) in [7, 11) is 1.18. The number of phenols is 1. The number of hydrogen-bond acceptors (Lipinski definition) is 9. The summed E-state index contributed by atoms with van der Waals surface area (Å²) in [4.78, 5) is 40.1. The van der Waals surface area contributed by atoms with E-state index in [0.717, 1.165) is 6.07 Å². The number of carbonyl (C=O) groups excluding carboxylic acids is 2. The zero-order valence-electron chi connectivity index (χ0n) is 21.0. The molecule has 2 heterocycles. The molecule has 1 saturated heterocycles. The van der Waals surface area contributed by atoms with E-state index in [1.54, 1.807) is 6.92 Å². The molecule has 0 saturated carbocycles. The van der Waals surface area contributed by atoms with Crippen molar-refractivity contribution >= 4 is 23.0 Å². The molecule has 1 amide bonds. The third-order valence-electron chi connectivity index (χ3n) is 6.13. The summed E-state index contributed by atoms with van der Waals surface area (Å²) < 4.78 is 62.3. The van der Waals surface area contributed by atoms with Gasteiger partial charge in [0.05, 0.1) is 30.2 Å². The Morgan fingerprint density at radius 3 is 2.31 bits per heavy atom. The van der Waals surface area contributed by atoms with Crippen molar-refractivity contribution in [2.24, 2.45) is 0 Å². The second-order valence-corrected chi connectivity index (χ2v) is 8.61. The van der Waals surface area contributed by atoms with Crippen molar-refractivity contribution in [3.05, 3.63) is 63.5 Å². The lowest BCUT2D eigenvalue weighted by molar-refractivity contribution is -0.154. The van der Waals surface area contributed by atoms with Crippen LogP contribution in [-0.4, -0.2) is 66.9 Å². The molecule has 1 aliphatic heterocycles. The van der Waals surface area contributed by atoms with Gasteiger partial charge in [-0.1, -0.05) is 0 Å². The highest BCUT2D eigenvalue weighted by molar-refractivity contribution is 5.89. The number of esters is 1. The Morgan fingerprint density at radius 2 is 1.72 bits per heavy atom. The molecule has 0 unspecified atom stereocenters. The first-order chi connectivity index (χ1) is 18.5. The van der Waals surface area contributed by atoms with Gasteiger partial charge in [0.25, 0.3) is 5.76 Å². The van der Waals surface area contributed by atoms with Gasteiger partial charge in [-0.05, 0) is 43.3 Å². The highest BCUT2D eigenvalue weighted by Crippen LogP contribution is 2.40. The van der Waals surface area contributed by atoms with E-state index in [9.17, 15) is 32.7 Å². The summed E-state index contributed by atoms with van der Waals surface area (Å²) in [6, 6.07) is 7.34. The van der Waals surface area contributed by atoms with E-state index in [4.69, 9.17) is 13.9 Å². The van der Waals surface area contributed by atoms with Gasteiger partial charge in [0.1, 0.15) is 17.1 Å². The van der Waals surface area contributed by atoms with Gasteiger partial charge < -0.3 is 28.6 Å². The maximum absolute atomic E-state index is 14.1. The molecule has 0 spiro atoms. The van der Waals surface area contributed by atoms with Crippen molar-refractivity contribution < 1.29 is 46.5 Å². The second kappa shape index (κ2) is 11.2. The average molecular weight is 550 g/mol. The van der Waals surface area contributed by atoms with E-state index in [-0.39, 0.29) is 41.2 Å². The van der Waals surface area contributed by atoms with Crippen LogP contribution in [0.4, 0.5) is 18.0 Å². The topological polar surface area (TPSA) is 119 Å². The molecule has 208 valence electrons. The molecule has 39 heavy (non-hydrogen) atoms. The molecule has 0 bridgehead atoms. The van der Waals surface area contributed by atoms with Crippen LogP contribution >= 0.6 is 0 Å². The number of halogens is 3. The van der Waals surface area contributed by atoms with E-state index in [2.05, 4.69) is 4.74 Å². The molecule has 2 aromatic carbocycles. The zero-order valence-corrected chi connectivity index (χ0v) is 21.0. The molecule has 1 N–H and O–H groups in total. The predicted molar refractivity (Wildman–Crippen MR) is 131 cm³/mol. The van der Waals surface area contributed by atoms with Crippen LogP contribution in [0.25, 0.3) is 11.0 Å². The first kappa shape index (κ1) is 27.8. The summed E-state index contributed by atoms with van der Waals surface area (Å²) in [5.74, 6) is -3.90. The Labute approximate surface area is 220 Å². The van der Waals surface area contributed by atoms with Crippen molar-refractivity contribution in [1.29, 1.82) is 0 Å². The van der Waals surface area contributed by atoms with Crippen LogP contribution in [-0.2, 0) is 22.2 Å². The zero-order chi connectivity index (χ0) is 28.3. The molecule has 0 aliphatic carbocycles. The fourth-order valence-corrected chi connectivity index (χ4v) is 4.14. The van der Waals surface area contributed by atoms with Crippen LogP contribution in [0.5, 0.6) is 17.2 Å². The average Bonchev–Trinajstić information content (AvgIpc) is 2.91. The Balaban J connectivity index is 1.69. The molecule has 1 fully saturated rings. The first-order valence-electron chi connectivity index (χ1n) is 11.9. The fraction of sp³-hybridized carbons (Fsp3) is 0.346. The highest BCUT2D eigenvalue weighted by atomic mass is 19.4. The Kier molecular flexibility index (Phi) is 8.00. The number of methoxy groups -OCH3 is 1. The van der Waals surface area contributed by atoms with E-state index >= 15 is 0 Å². The molecule has 1 aliphatic rings. The summed E-state index contributed by atoms with van der Waals surface area (Å²) in [6.07, 6.45) is -5.57. The number of ether oxygens (including phenoxy) is 3. The normalized spacial score (nSPS) is 14.3. The number of amides is 1. The lowest BCUT2D eigenvalue weighted by Gasteiger charge is -2.34. The van der Waals surface area contributed by atoms with Gasteiger partial charge in [0.15, 0.2) is 0 Å². The van der Waals surface area contributed by atoms with Crippen molar-refractivity contribution in [2.45, 2.75) is 19.6 Å². The summed E-state index contributed by atoms with van der Waals surface area (Å²) in [5, 5.41) is 10.3. The first-order valence-corrected chi connectivity index (χ1v) is 11.9. The van der Waals surface area contributed by atoms with E-state index < -0.39 is 40.8 Å². The molecule has 4 rings (SSSR count).